The third-order valence-corrected chi connectivity index (χ3v) is 14.0. The van der Waals surface area contributed by atoms with Crippen molar-refractivity contribution in [3.63, 3.8) is 0 Å². The van der Waals surface area contributed by atoms with Crippen LogP contribution in [0.4, 0.5) is 0 Å². The molecule has 3 N–H and O–H groups in total. The molecule has 0 aromatic rings. The predicted molar refractivity (Wildman–Crippen MR) is 136 cm³/mol. The van der Waals surface area contributed by atoms with Crippen LogP contribution >= 0.6 is 0 Å². The maximum atomic E-state index is 12.3. The van der Waals surface area contributed by atoms with Gasteiger partial charge in [0.05, 0.1) is 17.5 Å². The van der Waals surface area contributed by atoms with Crippen molar-refractivity contribution in [3.05, 3.63) is 0 Å². The number of sulfonamides is 1. The summed E-state index contributed by atoms with van der Waals surface area (Å²) in [6.07, 6.45) is 10.8. The predicted octanol–water partition coefficient (Wildman–Crippen LogP) is 4.72. The molecule has 6 heteroatoms. The van der Waals surface area contributed by atoms with Crippen molar-refractivity contribution in [1.82, 2.24) is 4.72 Å². The first-order chi connectivity index (χ1) is 16.0. The summed E-state index contributed by atoms with van der Waals surface area (Å²) in [5.41, 5.74) is 0.489. The Morgan fingerprint density at radius 2 is 1.62 bits per heavy atom. The first kappa shape index (κ1) is 25.5. The van der Waals surface area contributed by atoms with Crippen molar-refractivity contribution < 1.29 is 18.6 Å². The third-order valence-electron chi connectivity index (χ3n) is 12.0. The lowest BCUT2D eigenvalue weighted by molar-refractivity contribution is -0.203. The van der Waals surface area contributed by atoms with E-state index < -0.39 is 10.0 Å². The van der Waals surface area contributed by atoms with Crippen molar-refractivity contribution >= 4 is 10.0 Å². The molecule has 0 bridgehead atoms. The highest BCUT2D eigenvalue weighted by Crippen LogP contribution is 2.69. The van der Waals surface area contributed by atoms with Gasteiger partial charge in [0.2, 0.25) is 10.0 Å². The smallest absolute Gasteiger partial charge is 0.214 e. The molecule has 0 aromatic heterocycles. The molecule has 11 atom stereocenters. The summed E-state index contributed by atoms with van der Waals surface area (Å²) in [7, 11) is -3.10. The van der Waals surface area contributed by atoms with Crippen LogP contribution in [0.5, 0.6) is 0 Å². The van der Waals surface area contributed by atoms with Gasteiger partial charge in [-0.3, -0.25) is 0 Å². The Kier molecular flexibility index (Phi) is 6.74. The fraction of sp³-hybridized carbons (Fsp3) is 1.00. The van der Waals surface area contributed by atoms with Crippen LogP contribution in [0.25, 0.3) is 0 Å². The molecular weight excluding hydrogens is 446 g/mol. The Balaban J connectivity index is 1.32. The van der Waals surface area contributed by atoms with Crippen LogP contribution < -0.4 is 4.72 Å². The van der Waals surface area contributed by atoms with Gasteiger partial charge in [0.25, 0.3) is 0 Å². The minimum atomic E-state index is -3.10. The number of rotatable bonds is 7. The van der Waals surface area contributed by atoms with Crippen LogP contribution in [0.2, 0.25) is 0 Å². The standard InChI is InChI=1S/C28H49NO4S/c1-5-20-24-16-18(30)10-13-28(24,4)23-11-14-27(3)21(8-9-22(27)25(23)26(20)31)17(2)12-15-29-34(32,33)19-6-7-19/h17-26,29-31H,5-16H2,1-4H3/t17-,18-,20-,21-,22+,23+,24?,25?,26-,27-,28-/m1/s1. The van der Waals surface area contributed by atoms with E-state index in [9.17, 15) is 18.6 Å². The van der Waals surface area contributed by atoms with E-state index in [0.717, 1.165) is 44.9 Å². The average Bonchev–Trinajstić information content (AvgIpc) is 3.58. The van der Waals surface area contributed by atoms with Crippen LogP contribution in [0.1, 0.15) is 98.3 Å². The molecule has 196 valence electrons. The van der Waals surface area contributed by atoms with E-state index >= 15 is 0 Å². The molecule has 34 heavy (non-hydrogen) atoms. The number of aliphatic hydroxyl groups excluding tert-OH is 2. The molecule has 2 unspecified atom stereocenters. The Labute approximate surface area is 207 Å². The van der Waals surface area contributed by atoms with E-state index in [-0.39, 0.29) is 28.3 Å². The van der Waals surface area contributed by atoms with Gasteiger partial charge in [-0.1, -0.05) is 34.1 Å². The summed E-state index contributed by atoms with van der Waals surface area (Å²) in [4.78, 5) is 0. The fourth-order valence-corrected chi connectivity index (χ4v) is 11.5. The highest BCUT2D eigenvalue weighted by Gasteiger charge is 2.64. The van der Waals surface area contributed by atoms with Crippen LogP contribution in [0, 0.1) is 52.3 Å². The van der Waals surface area contributed by atoms with Crippen LogP contribution in [0.3, 0.4) is 0 Å². The lowest BCUT2D eigenvalue weighted by Crippen LogP contribution is -2.62. The number of fused-ring (bicyclic) bond motifs is 5. The third kappa shape index (κ3) is 4.01. The Hall–Kier alpha value is -0.170. The molecule has 0 heterocycles. The minimum Gasteiger partial charge on any atom is -0.393 e. The van der Waals surface area contributed by atoms with Gasteiger partial charge in [-0.15, -0.1) is 0 Å². The van der Waals surface area contributed by atoms with Gasteiger partial charge in [-0.25, -0.2) is 13.1 Å². The Morgan fingerprint density at radius 1 is 0.941 bits per heavy atom. The van der Waals surface area contributed by atoms with Crippen LogP contribution in [0.15, 0.2) is 0 Å². The normalized spacial score (nSPS) is 49.7. The largest absolute Gasteiger partial charge is 0.393 e. The van der Waals surface area contributed by atoms with Crippen molar-refractivity contribution in [1.29, 1.82) is 0 Å². The van der Waals surface area contributed by atoms with E-state index in [1.807, 2.05) is 0 Å². The average molecular weight is 496 g/mol. The van der Waals surface area contributed by atoms with Crippen molar-refractivity contribution in [3.8, 4) is 0 Å². The number of nitrogens with one attached hydrogen (secondary N) is 1. The van der Waals surface area contributed by atoms with Crippen molar-refractivity contribution in [2.45, 2.75) is 116 Å². The monoisotopic (exact) mass is 495 g/mol. The quantitative estimate of drug-likeness (QED) is 0.477. The molecule has 0 aliphatic heterocycles. The van der Waals surface area contributed by atoms with Gasteiger partial charge >= 0.3 is 0 Å². The maximum absolute atomic E-state index is 12.3. The highest BCUT2D eigenvalue weighted by atomic mass is 32.2. The van der Waals surface area contributed by atoms with Gasteiger partial charge in [0, 0.05) is 6.54 Å². The minimum absolute atomic E-state index is 0.142. The summed E-state index contributed by atoms with van der Waals surface area (Å²) in [5, 5.41) is 22.2. The van der Waals surface area contributed by atoms with E-state index in [4.69, 9.17) is 0 Å². The van der Waals surface area contributed by atoms with Crippen molar-refractivity contribution in [2.75, 3.05) is 6.54 Å². The zero-order chi connectivity index (χ0) is 24.5. The van der Waals surface area contributed by atoms with E-state index in [1.165, 1.54) is 25.7 Å². The van der Waals surface area contributed by atoms with Gasteiger partial charge in [-0.2, -0.15) is 0 Å². The number of hydrogen-bond donors (Lipinski definition) is 3. The molecule has 5 saturated carbocycles. The lowest BCUT2D eigenvalue weighted by atomic mass is 9.41. The summed E-state index contributed by atoms with van der Waals surface area (Å²) in [6.45, 7) is 10.1. The van der Waals surface area contributed by atoms with E-state index in [1.54, 1.807) is 0 Å². The molecule has 0 radical (unpaired) electrons. The first-order valence-electron chi connectivity index (χ1n) is 14.4. The molecule has 5 aliphatic carbocycles. The molecule has 0 saturated heterocycles. The van der Waals surface area contributed by atoms with Gasteiger partial charge in [0.1, 0.15) is 0 Å². The molecule has 0 aromatic carbocycles. The number of aliphatic hydroxyl groups is 2. The molecular formula is C28H49NO4S. The summed E-state index contributed by atoms with van der Waals surface area (Å²) in [5.74, 6) is 3.36. The maximum Gasteiger partial charge on any atom is 0.214 e. The van der Waals surface area contributed by atoms with E-state index in [2.05, 4.69) is 32.4 Å². The second-order valence-corrected chi connectivity index (χ2v) is 15.6. The Morgan fingerprint density at radius 3 is 2.29 bits per heavy atom. The summed E-state index contributed by atoms with van der Waals surface area (Å²) < 4.78 is 27.4. The zero-order valence-corrected chi connectivity index (χ0v) is 22.7. The fourth-order valence-electron chi connectivity index (χ4n) is 10.1. The van der Waals surface area contributed by atoms with Gasteiger partial charge in [-0.05, 0) is 116 Å². The van der Waals surface area contributed by atoms with Gasteiger partial charge in [0.15, 0.2) is 0 Å². The summed E-state index contributed by atoms with van der Waals surface area (Å²) >= 11 is 0. The van der Waals surface area contributed by atoms with Crippen LogP contribution in [-0.4, -0.2) is 42.6 Å². The second kappa shape index (κ2) is 8.99. The molecule has 0 spiro atoms. The summed E-state index contributed by atoms with van der Waals surface area (Å²) in [6, 6.07) is 0. The zero-order valence-electron chi connectivity index (χ0n) is 21.9. The molecule has 0 amide bonds. The second-order valence-electron chi connectivity index (χ2n) is 13.5. The SMILES string of the molecule is CC[C@@H]1C2C[C@H](O)CC[C@]2(C)[C@H]2CC[C@]3(C)[C@@H]([C@H](C)CCNS(=O)(=O)C4CC4)CC[C@H]3C2[C@@H]1O. The lowest BCUT2D eigenvalue weighted by Gasteiger charge is -2.64. The first-order valence-corrected chi connectivity index (χ1v) is 15.9. The highest BCUT2D eigenvalue weighted by molar-refractivity contribution is 7.90. The van der Waals surface area contributed by atoms with E-state index in [0.29, 0.717) is 48.0 Å². The topological polar surface area (TPSA) is 86.6 Å². The molecule has 5 fully saturated rings. The van der Waals surface area contributed by atoms with Gasteiger partial charge < -0.3 is 10.2 Å². The Bertz CT molecular complexity index is 858. The molecule has 5 nitrogen and oxygen atoms in total. The molecule has 5 rings (SSSR count). The number of hydrogen-bond acceptors (Lipinski definition) is 4. The van der Waals surface area contributed by atoms with Crippen LogP contribution in [-0.2, 0) is 10.0 Å². The molecule has 5 aliphatic rings. The van der Waals surface area contributed by atoms with Crippen molar-refractivity contribution in [2.24, 2.45) is 52.3 Å².